The van der Waals surface area contributed by atoms with Gasteiger partial charge in [0.15, 0.2) is 0 Å². The number of para-hydroxylation sites is 1. The number of carbonyl (C=O) groups is 1. The number of hydrogen-bond acceptors (Lipinski definition) is 2. The van der Waals surface area contributed by atoms with Crippen molar-refractivity contribution in [1.82, 2.24) is 4.98 Å². The van der Waals surface area contributed by atoms with Crippen molar-refractivity contribution in [3.8, 4) is 0 Å². The number of nitrogens with one attached hydrogen (secondary N) is 2. The molecular weight excluding hydrogens is 318 g/mol. The lowest BCUT2D eigenvalue weighted by atomic mass is 10.1. The second-order valence-electron chi connectivity index (χ2n) is 4.44. The molecule has 1 aromatic heterocycles. The number of anilines is 2. The van der Waals surface area contributed by atoms with Gasteiger partial charge < -0.3 is 16.0 Å². The third-order valence-electron chi connectivity index (χ3n) is 3.07. The summed E-state index contributed by atoms with van der Waals surface area (Å²) in [6.45, 7) is 0. The molecule has 3 aromatic rings. The van der Waals surface area contributed by atoms with Crippen LogP contribution < -0.4 is 11.1 Å². The Morgan fingerprint density at radius 1 is 1.20 bits per heavy atom. The maximum absolute atomic E-state index is 12.3. The minimum absolute atomic E-state index is 0.159. The van der Waals surface area contributed by atoms with Crippen LogP contribution in [-0.4, -0.2) is 10.9 Å². The van der Waals surface area contributed by atoms with Crippen molar-refractivity contribution in [3.63, 3.8) is 0 Å². The van der Waals surface area contributed by atoms with E-state index in [0.29, 0.717) is 11.3 Å². The lowest BCUT2D eigenvalue weighted by Crippen LogP contribution is -2.11. The summed E-state index contributed by atoms with van der Waals surface area (Å²) >= 11 is 3.41. The first kappa shape index (κ1) is 12.7. The van der Waals surface area contributed by atoms with Crippen LogP contribution in [0.25, 0.3) is 10.9 Å². The fourth-order valence-corrected chi connectivity index (χ4v) is 2.47. The highest BCUT2D eigenvalue weighted by molar-refractivity contribution is 9.10. The van der Waals surface area contributed by atoms with Crippen molar-refractivity contribution >= 4 is 44.1 Å². The predicted octanol–water partition coefficient (Wildman–Crippen LogP) is 3.76. The number of H-pyrrole nitrogens is 1. The van der Waals surface area contributed by atoms with E-state index in [0.717, 1.165) is 21.1 Å². The lowest BCUT2D eigenvalue weighted by molar-refractivity contribution is 0.102. The summed E-state index contributed by atoms with van der Waals surface area (Å²) in [6.07, 6.45) is 1.69. The minimum Gasteiger partial charge on any atom is -0.399 e. The van der Waals surface area contributed by atoms with E-state index < -0.39 is 0 Å². The summed E-state index contributed by atoms with van der Waals surface area (Å²) in [7, 11) is 0. The number of benzene rings is 2. The number of nitrogen functional groups attached to an aromatic ring is 1. The first-order chi connectivity index (χ1) is 9.65. The Morgan fingerprint density at radius 3 is 2.80 bits per heavy atom. The lowest BCUT2D eigenvalue weighted by Gasteiger charge is -2.06. The predicted molar refractivity (Wildman–Crippen MR) is 84.8 cm³/mol. The Labute approximate surface area is 124 Å². The van der Waals surface area contributed by atoms with Crippen LogP contribution in [0.2, 0.25) is 0 Å². The molecule has 0 atom stereocenters. The molecule has 0 radical (unpaired) electrons. The van der Waals surface area contributed by atoms with Gasteiger partial charge in [0.25, 0.3) is 5.91 Å². The van der Waals surface area contributed by atoms with Gasteiger partial charge in [0.05, 0.1) is 11.3 Å². The summed E-state index contributed by atoms with van der Waals surface area (Å²) in [5, 5.41) is 3.73. The van der Waals surface area contributed by atoms with Gasteiger partial charge in [0.1, 0.15) is 0 Å². The smallest absolute Gasteiger partial charge is 0.257 e. The Balaban J connectivity index is 1.95. The van der Waals surface area contributed by atoms with Gasteiger partial charge >= 0.3 is 0 Å². The van der Waals surface area contributed by atoms with E-state index in [1.165, 1.54) is 0 Å². The van der Waals surface area contributed by atoms with Gasteiger partial charge in [-0.2, -0.15) is 0 Å². The van der Waals surface area contributed by atoms with Crippen LogP contribution in [0, 0.1) is 0 Å². The van der Waals surface area contributed by atoms with Crippen molar-refractivity contribution in [2.45, 2.75) is 0 Å². The van der Waals surface area contributed by atoms with E-state index in [9.17, 15) is 4.79 Å². The number of rotatable bonds is 2. The molecule has 0 aliphatic rings. The summed E-state index contributed by atoms with van der Waals surface area (Å²) in [5.41, 5.74) is 8.57. The molecule has 4 nitrogen and oxygen atoms in total. The molecule has 0 saturated carbocycles. The third-order valence-corrected chi connectivity index (χ3v) is 3.76. The maximum atomic E-state index is 12.3. The number of carbonyl (C=O) groups excluding carboxylic acids is 1. The van der Waals surface area contributed by atoms with Crippen LogP contribution in [-0.2, 0) is 0 Å². The van der Waals surface area contributed by atoms with Crippen molar-refractivity contribution in [1.29, 1.82) is 0 Å². The van der Waals surface area contributed by atoms with Gasteiger partial charge in [0.2, 0.25) is 0 Å². The van der Waals surface area contributed by atoms with Gasteiger partial charge in [0, 0.05) is 27.3 Å². The quantitative estimate of drug-likeness (QED) is 0.626. The molecule has 2 aromatic carbocycles. The summed E-state index contributed by atoms with van der Waals surface area (Å²) < 4.78 is 0.845. The molecule has 0 aliphatic carbocycles. The second-order valence-corrected chi connectivity index (χ2v) is 5.30. The first-order valence-corrected chi connectivity index (χ1v) is 6.87. The molecule has 0 saturated heterocycles. The number of hydrogen-bond donors (Lipinski definition) is 3. The van der Waals surface area contributed by atoms with Crippen LogP contribution in [0.3, 0.4) is 0 Å². The molecule has 0 unspecified atom stereocenters. The van der Waals surface area contributed by atoms with E-state index in [1.54, 1.807) is 12.3 Å². The van der Waals surface area contributed by atoms with E-state index in [-0.39, 0.29) is 5.91 Å². The molecule has 0 bridgehead atoms. The molecule has 3 rings (SSSR count). The zero-order chi connectivity index (χ0) is 14.1. The average molecular weight is 330 g/mol. The van der Waals surface area contributed by atoms with Crippen LogP contribution in [0.15, 0.2) is 53.1 Å². The zero-order valence-electron chi connectivity index (χ0n) is 10.5. The van der Waals surface area contributed by atoms with Gasteiger partial charge in [-0.25, -0.2) is 0 Å². The SMILES string of the molecule is Nc1ccc2c(C(=O)Nc3ccccc3Br)c[nH]c2c1. The van der Waals surface area contributed by atoms with E-state index in [4.69, 9.17) is 5.73 Å². The van der Waals surface area contributed by atoms with Crippen molar-refractivity contribution in [3.05, 3.63) is 58.7 Å². The maximum Gasteiger partial charge on any atom is 0.257 e. The minimum atomic E-state index is -0.159. The molecule has 5 heteroatoms. The van der Waals surface area contributed by atoms with E-state index >= 15 is 0 Å². The van der Waals surface area contributed by atoms with Crippen LogP contribution >= 0.6 is 15.9 Å². The molecule has 1 amide bonds. The molecule has 1 heterocycles. The highest BCUT2D eigenvalue weighted by Crippen LogP contribution is 2.24. The topological polar surface area (TPSA) is 70.9 Å². The van der Waals surface area contributed by atoms with Crippen molar-refractivity contribution in [2.75, 3.05) is 11.1 Å². The molecule has 0 fully saturated rings. The summed E-state index contributed by atoms with van der Waals surface area (Å²) in [5.74, 6) is -0.159. The molecule has 4 N–H and O–H groups in total. The van der Waals surface area contributed by atoms with Crippen LogP contribution in [0.5, 0.6) is 0 Å². The summed E-state index contributed by atoms with van der Waals surface area (Å²) in [4.78, 5) is 15.4. The van der Waals surface area contributed by atoms with Gasteiger partial charge in [-0.05, 0) is 46.3 Å². The monoisotopic (exact) mass is 329 g/mol. The fraction of sp³-hybridized carbons (Fsp3) is 0. The number of nitrogens with two attached hydrogens (primary N) is 1. The molecule has 100 valence electrons. The van der Waals surface area contributed by atoms with Crippen LogP contribution in [0.4, 0.5) is 11.4 Å². The number of fused-ring (bicyclic) bond motifs is 1. The highest BCUT2D eigenvalue weighted by Gasteiger charge is 2.13. The highest BCUT2D eigenvalue weighted by atomic mass is 79.9. The average Bonchev–Trinajstić information content (AvgIpc) is 2.84. The number of halogens is 1. The third kappa shape index (κ3) is 2.28. The Morgan fingerprint density at radius 2 is 2.00 bits per heavy atom. The zero-order valence-corrected chi connectivity index (χ0v) is 12.1. The Kier molecular flexibility index (Phi) is 3.20. The van der Waals surface area contributed by atoms with Crippen molar-refractivity contribution < 1.29 is 4.79 Å². The molecular formula is C15H12BrN3O. The second kappa shape index (κ2) is 5.02. The largest absolute Gasteiger partial charge is 0.399 e. The Bertz CT molecular complexity index is 795. The number of aromatic nitrogens is 1. The molecule has 0 spiro atoms. The van der Waals surface area contributed by atoms with Gasteiger partial charge in [-0.3, -0.25) is 4.79 Å². The van der Waals surface area contributed by atoms with E-state index in [2.05, 4.69) is 26.2 Å². The van der Waals surface area contributed by atoms with Gasteiger partial charge in [-0.1, -0.05) is 12.1 Å². The Hall–Kier alpha value is -2.27. The summed E-state index contributed by atoms with van der Waals surface area (Å²) in [6, 6.07) is 12.9. The first-order valence-electron chi connectivity index (χ1n) is 6.07. The molecule has 20 heavy (non-hydrogen) atoms. The molecule has 0 aliphatic heterocycles. The standard InChI is InChI=1S/C15H12BrN3O/c16-12-3-1-2-4-13(12)19-15(20)11-8-18-14-7-9(17)5-6-10(11)14/h1-8,18H,17H2,(H,19,20). The normalized spacial score (nSPS) is 10.7. The van der Waals surface area contributed by atoms with E-state index in [1.807, 2.05) is 36.4 Å². The van der Waals surface area contributed by atoms with Crippen molar-refractivity contribution in [2.24, 2.45) is 0 Å². The van der Waals surface area contributed by atoms with Gasteiger partial charge in [-0.15, -0.1) is 0 Å². The fourth-order valence-electron chi connectivity index (χ4n) is 2.08. The number of aromatic amines is 1. The number of amides is 1. The van der Waals surface area contributed by atoms with Crippen LogP contribution in [0.1, 0.15) is 10.4 Å².